The van der Waals surface area contributed by atoms with Crippen LogP contribution in [0.5, 0.6) is 0 Å². The van der Waals surface area contributed by atoms with Gasteiger partial charge in [0.2, 0.25) is 5.91 Å². The van der Waals surface area contributed by atoms with Gasteiger partial charge >= 0.3 is 0 Å². The lowest BCUT2D eigenvalue weighted by molar-refractivity contribution is -0.133. The average molecular weight is 201 g/mol. The summed E-state index contributed by atoms with van der Waals surface area (Å²) >= 11 is 1.52. The number of carbonyl (C=O) groups is 2. The van der Waals surface area contributed by atoms with Crippen LogP contribution in [-0.2, 0) is 9.59 Å². The highest BCUT2D eigenvalue weighted by atomic mass is 32.2. The summed E-state index contributed by atoms with van der Waals surface area (Å²) in [6.45, 7) is 7.45. The second-order valence-corrected chi connectivity index (χ2v) is 6.69. The number of amides is 1. The molecule has 74 valence electrons. The van der Waals surface area contributed by atoms with Gasteiger partial charge in [0.1, 0.15) is 5.92 Å². The molecule has 1 saturated heterocycles. The van der Waals surface area contributed by atoms with Crippen molar-refractivity contribution in [3.8, 4) is 0 Å². The van der Waals surface area contributed by atoms with Crippen LogP contribution < -0.4 is 5.73 Å². The first-order valence-electron chi connectivity index (χ1n) is 4.22. The van der Waals surface area contributed by atoms with Gasteiger partial charge in [-0.05, 0) is 27.7 Å². The zero-order chi connectivity index (χ0) is 10.4. The SMILES string of the molecule is CC1(C)SC(C)(C)C(C(N)=O)C1=O. The van der Waals surface area contributed by atoms with Crippen molar-refractivity contribution >= 4 is 23.5 Å². The Labute approximate surface area is 82.4 Å². The molecule has 1 unspecified atom stereocenters. The van der Waals surface area contributed by atoms with Crippen LogP contribution in [0.3, 0.4) is 0 Å². The third kappa shape index (κ3) is 1.59. The Morgan fingerprint density at radius 3 is 2.00 bits per heavy atom. The van der Waals surface area contributed by atoms with Crippen LogP contribution >= 0.6 is 11.8 Å². The number of Topliss-reactive ketones (excluding diaryl/α,β-unsaturated/α-hetero) is 1. The molecule has 3 nitrogen and oxygen atoms in total. The maximum Gasteiger partial charge on any atom is 0.229 e. The molecular formula is C9H15NO2S. The molecule has 0 spiro atoms. The van der Waals surface area contributed by atoms with Crippen molar-refractivity contribution in [2.24, 2.45) is 11.7 Å². The second-order valence-electron chi connectivity index (χ2n) is 4.42. The maximum atomic E-state index is 11.8. The van der Waals surface area contributed by atoms with Gasteiger partial charge in [-0.3, -0.25) is 9.59 Å². The molecule has 0 saturated carbocycles. The molecule has 0 aromatic rings. The summed E-state index contributed by atoms with van der Waals surface area (Å²) in [4.78, 5) is 22.9. The average Bonchev–Trinajstić information content (AvgIpc) is 1.96. The number of primary amides is 1. The summed E-state index contributed by atoms with van der Waals surface area (Å²) in [7, 11) is 0. The Morgan fingerprint density at radius 2 is 1.85 bits per heavy atom. The van der Waals surface area contributed by atoms with Crippen LogP contribution in [0.1, 0.15) is 27.7 Å². The zero-order valence-electron chi connectivity index (χ0n) is 8.38. The van der Waals surface area contributed by atoms with Gasteiger partial charge in [0, 0.05) is 4.75 Å². The Bertz CT molecular complexity index is 271. The topological polar surface area (TPSA) is 60.2 Å². The lowest BCUT2D eigenvalue weighted by Crippen LogP contribution is -2.40. The molecule has 1 atom stereocenters. The number of rotatable bonds is 1. The van der Waals surface area contributed by atoms with E-state index in [4.69, 9.17) is 5.73 Å². The molecule has 0 aliphatic carbocycles. The lowest BCUT2D eigenvalue weighted by atomic mass is 9.86. The smallest absolute Gasteiger partial charge is 0.229 e. The number of ketones is 1. The molecular weight excluding hydrogens is 186 g/mol. The van der Waals surface area contributed by atoms with Gasteiger partial charge in [-0.1, -0.05) is 0 Å². The molecule has 13 heavy (non-hydrogen) atoms. The normalized spacial score (nSPS) is 30.5. The fourth-order valence-electron chi connectivity index (χ4n) is 1.90. The Morgan fingerprint density at radius 1 is 1.38 bits per heavy atom. The van der Waals surface area contributed by atoms with Gasteiger partial charge in [-0.25, -0.2) is 0 Å². The van der Waals surface area contributed by atoms with E-state index in [1.165, 1.54) is 11.8 Å². The minimum absolute atomic E-state index is 0.0463. The van der Waals surface area contributed by atoms with Gasteiger partial charge < -0.3 is 5.73 Å². The van der Waals surface area contributed by atoms with E-state index in [0.717, 1.165) is 0 Å². The predicted molar refractivity (Wildman–Crippen MR) is 53.4 cm³/mol. The zero-order valence-corrected chi connectivity index (χ0v) is 9.20. The van der Waals surface area contributed by atoms with E-state index in [0.29, 0.717) is 0 Å². The Hall–Kier alpha value is -0.510. The summed E-state index contributed by atoms with van der Waals surface area (Å²) in [6, 6.07) is 0. The highest BCUT2D eigenvalue weighted by molar-refractivity contribution is 8.03. The fourth-order valence-corrected chi connectivity index (χ4v) is 3.78. The van der Waals surface area contributed by atoms with Crippen LogP contribution in [0.25, 0.3) is 0 Å². The minimum atomic E-state index is -0.646. The van der Waals surface area contributed by atoms with Crippen molar-refractivity contribution in [1.29, 1.82) is 0 Å². The summed E-state index contributed by atoms with van der Waals surface area (Å²) < 4.78 is -0.852. The van der Waals surface area contributed by atoms with E-state index in [1.807, 2.05) is 27.7 Å². The van der Waals surface area contributed by atoms with Crippen molar-refractivity contribution in [2.75, 3.05) is 0 Å². The van der Waals surface area contributed by atoms with Gasteiger partial charge in [-0.2, -0.15) is 0 Å². The summed E-state index contributed by atoms with van der Waals surface area (Å²) in [5, 5.41) is 0. The molecule has 1 aliphatic rings. The fraction of sp³-hybridized carbons (Fsp3) is 0.778. The van der Waals surface area contributed by atoms with Crippen LogP contribution in [0, 0.1) is 5.92 Å². The van der Waals surface area contributed by atoms with Crippen molar-refractivity contribution in [3.05, 3.63) is 0 Å². The first-order valence-corrected chi connectivity index (χ1v) is 5.04. The third-order valence-corrected chi connectivity index (χ3v) is 3.83. The van der Waals surface area contributed by atoms with Crippen LogP contribution in [-0.4, -0.2) is 21.2 Å². The van der Waals surface area contributed by atoms with E-state index in [-0.39, 0.29) is 10.5 Å². The van der Waals surface area contributed by atoms with E-state index in [1.54, 1.807) is 0 Å². The second kappa shape index (κ2) is 2.74. The monoisotopic (exact) mass is 201 g/mol. The molecule has 0 aromatic heterocycles. The highest BCUT2D eigenvalue weighted by Crippen LogP contribution is 2.50. The first-order chi connectivity index (χ1) is 5.68. The number of carbonyl (C=O) groups excluding carboxylic acids is 2. The third-order valence-electron chi connectivity index (χ3n) is 2.35. The van der Waals surface area contributed by atoms with Gasteiger partial charge in [0.05, 0.1) is 4.75 Å². The quantitative estimate of drug-likeness (QED) is 0.643. The van der Waals surface area contributed by atoms with Crippen LogP contribution in [0.2, 0.25) is 0 Å². The summed E-state index contributed by atoms with van der Waals surface area (Å²) in [6.07, 6.45) is 0. The number of nitrogens with two attached hydrogens (primary N) is 1. The highest BCUT2D eigenvalue weighted by Gasteiger charge is 2.55. The van der Waals surface area contributed by atoms with E-state index < -0.39 is 16.6 Å². The molecule has 1 rings (SSSR count). The number of hydrogen-bond donors (Lipinski definition) is 1. The minimum Gasteiger partial charge on any atom is -0.369 e. The van der Waals surface area contributed by atoms with Gasteiger partial charge in [0.25, 0.3) is 0 Å². The van der Waals surface area contributed by atoms with Crippen molar-refractivity contribution < 1.29 is 9.59 Å². The lowest BCUT2D eigenvalue weighted by Gasteiger charge is -2.22. The van der Waals surface area contributed by atoms with Crippen molar-refractivity contribution in [3.63, 3.8) is 0 Å². The van der Waals surface area contributed by atoms with E-state index >= 15 is 0 Å². The van der Waals surface area contributed by atoms with Crippen LogP contribution in [0.4, 0.5) is 0 Å². The summed E-state index contributed by atoms with van der Waals surface area (Å²) in [5.74, 6) is -1.20. The Balaban J connectivity index is 3.09. The maximum absolute atomic E-state index is 11.8. The molecule has 0 aromatic carbocycles. The number of thioether (sulfide) groups is 1. The molecule has 1 amide bonds. The molecule has 4 heteroatoms. The Kier molecular flexibility index (Phi) is 2.23. The molecule has 0 bridgehead atoms. The van der Waals surface area contributed by atoms with E-state index in [2.05, 4.69) is 0 Å². The van der Waals surface area contributed by atoms with Gasteiger partial charge in [0.15, 0.2) is 5.78 Å². The van der Waals surface area contributed by atoms with E-state index in [9.17, 15) is 9.59 Å². The molecule has 1 aliphatic heterocycles. The molecule has 1 fully saturated rings. The molecule has 0 radical (unpaired) electrons. The standard InChI is InChI=1S/C9H15NO2S/c1-8(2)5(7(10)12)6(11)9(3,4)13-8/h5H,1-4H3,(H2,10,12). The first kappa shape index (κ1) is 10.6. The summed E-state index contributed by atoms with van der Waals surface area (Å²) in [5.41, 5.74) is 5.21. The number of hydrogen-bond acceptors (Lipinski definition) is 3. The largest absolute Gasteiger partial charge is 0.369 e. The predicted octanol–water partition coefficient (Wildman–Crippen LogP) is 0.961. The van der Waals surface area contributed by atoms with Crippen LogP contribution in [0.15, 0.2) is 0 Å². The van der Waals surface area contributed by atoms with Crippen molar-refractivity contribution in [2.45, 2.75) is 37.2 Å². The van der Waals surface area contributed by atoms with Crippen molar-refractivity contribution in [1.82, 2.24) is 0 Å². The van der Waals surface area contributed by atoms with Gasteiger partial charge in [-0.15, -0.1) is 11.8 Å². The molecule has 2 N–H and O–H groups in total. The molecule has 1 heterocycles.